The zero-order chi connectivity index (χ0) is 25.2. The maximum Gasteiger partial charge on any atom is 0.256 e. The highest BCUT2D eigenvalue weighted by Gasteiger charge is 2.27. The van der Waals surface area contributed by atoms with Crippen LogP contribution in [0.1, 0.15) is 10.4 Å². The minimum atomic E-state index is -0.231. The van der Waals surface area contributed by atoms with E-state index >= 15 is 0 Å². The van der Waals surface area contributed by atoms with Crippen molar-refractivity contribution in [2.45, 2.75) is 0 Å². The van der Waals surface area contributed by atoms with E-state index in [1.54, 1.807) is 30.7 Å². The molecule has 2 aliphatic heterocycles. The van der Waals surface area contributed by atoms with E-state index in [4.69, 9.17) is 4.98 Å². The van der Waals surface area contributed by atoms with Gasteiger partial charge >= 0.3 is 0 Å². The molecule has 2 aromatic carbocycles. The fourth-order valence-electron chi connectivity index (χ4n) is 5.20. The maximum atomic E-state index is 14.2. The number of rotatable bonds is 4. The highest BCUT2D eigenvalue weighted by molar-refractivity contribution is 6.09. The molecular weight excluding hydrogens is 469 g/mol. The molecule has 6 rings (SSSR count). The van der Waals surface area contributed by atoms with Gasteiger partial charge in [-0.15, -0.1) is 0 Å². The van der Waals surface area contributed by atoms with Crippen LogP contribution in [0.25, 0.3) is 10.8 Å². The quantitative estimate of drug-likeness (QED) is 0.428. The van der Waals surface area contributed by atoms with Crippen LogP contribution >= 0.6 is 0 Å². The van der Waals surface area contributed by atoms with E-state index in [0.717, 1.165) is 48.7 Å². The van der Waals surface area contributed by atoms with Crippen molar-refractivity contribution in [2.75, 3.05) is 67.1 Å². The van der Waals surface area contributed by atoms with Gasteiger partial charge < -0.3 is 19.6 Å². The number of carbonyl (C=O) groups excluding carboxylic acids is 1. The van der Waals surface area contributed by atoms with E-state index in [1.807, 2.05) is 46.2 Å². The Morgan fingerprint density at radius 1 is 0.676 bits per heavy atom. The minimum absolute atomic E-state index is 0.0329. The van der Waals surface area contributed by atoms with Gasteiger partial charge in [0.05, 0.1) is 11.3 Å². The van der Waals surface area contributed by atoms with Gasteiger partial charge in [-0.3, -0.25) is 4.79 Å². The molecule has 0 bridgehead atoms. The lowest BCUT2D eigenvalue weighted by molar-refractivity contribution is 0.0748. The number of halogens is 1. The van der Waals surface area contributed by atoms with Crippen molar-refractivity contribution in [3.63, 3.8) is 0 Å². The largest absolute Gasteiger partial charge is 0.366 e. The summed E-state index contributed by atoms with van der Waals surface area (Å²) in [5.41, 5.74) is 1.19. The standard InChI is InChI=1S/C28H28FN7O/c29-24-8-3-4-9-25(24)33-12-16-35(17-13-33)27(37)23-20-32-26(22-7-2-1-6-21(22)23)34-14-18-36(19-15-34)28-30-10-5-11-31-28/h1-11,20H,12-19H2. The van der Waals surface area contributed by atoms with Crippen molar-refractivity contribution in [3.8, 4) is 0 Å². The second kappa shape index (κ2) is 10.0. The first-order valence-corrected chi connectivity index (χ1v) is 12.6. The Balaban J connectivity index is 1.19. The van der Waals surface area contributed by atoms with Crippen LogP contribution in [0, 0.1) is 5.82 Å². The summed E-state index contributed by atoms with van der Waals surface area (Å²) in [4.78, 5) is 35.4. The fourth-order valence-corrected chi connectivity index (χ4v) is 5.20. The first-order valence-electron chi connectivity index (χ1n) is 12.6. The Hall–Kier alpha value is -4.27. The van der Waals surface area contributed by atoms with Crippen molar-refractivity contribution in [1.29, 1.82) is 0 Å². The Morgan fingerprint density at radius 2 is 1.30 bits per heavy atom. The summed E-state index contributed by atoms with van der Waals surface area (Å²) in [6.07, 6.45) is 5.24. The molecule has 0 unspecified atom stereocenters. The zero-order valence-electron chi connectivity index (χ0n) is 20.5. The predicted molar refractivity (Wildman–Crippen MR) is 143 cm³/mol. The predicted octanol–water partition coefficient (Wildman–Crippen LogP) is 3.45. The molecule has 37 heavy (non-hydrogen) atoms. The summed E-state index contributed by atoms with van der Waals surface area (Å²) in [5, 5.41) is 1.88. The normalized spacial score (nSPS) is 16.4. The lowest BCUT2D eigenvalue weighted by atomic mass is 10.0. The van der Waals surface area contributed by atoms with E-state index in [-0.39, 0.29) is 11.7 Å². The molecule has 2 fully saturated rings. The van der Waals surface area contributed by atoms with Crippen LogP contribution in [0.4, 0.5) is 21.8 Å². The second-order valence-electron chi connectivity index (χ2n) is 9.29. The molecule has 2 saturated heterocycles. The Labute approximate surface area is 215 Å². The summed E-state index contributed by atoms with van der Waals surface area (Å²) in [6, 6.07) is 16.6. The number of pyridine rings is 1. The average molecular weight is 498 g/mol. The van der Waals surface area contributed by atoms with E-state index in [2.05, 4.69) is 19.8 Å². The number of nitrogens with zero attached hydrogens (tertiary/aromatic N) is 7. The molecule has 0 aliphatic carbocycles. The number of amides is 1. The lowest BCUT2D eigenvalue weighted by Crippen LogP contribution is -2.49. The summed E-state index contributed by atoms with van der Waals surface area (Å²) in [6.45, 7) is 5.43. The van der Waals surface area contributed by atoms with Gasteiger partial charge in [0.1, 0.15) is 11.6 Å². The fraction of sp³-hybridized carbons (Fsp3) is 0.286. The molecule has 9 heteroatoms. The molecule has 2 aliphatic rings. The molecular formula is C28H28FN7O. The van der Waals surface area contributed by atoms with Gasteiger partial charge in [0, 0.05) is 76.3 Å². The second-order valence-corrected chi connectivity index (χ2v) is 9.29. The first-order chi connectivity index (χ1) is 18.2. The maximum absolute atomic E-state index is 14.2. The summed E-state index contributed by atoms with van der Waals surface area (Å²) >= 11 is 0. The third-order valence-electron chi connectivity index (χ3n) is 7.18. The van der Waals surface area contributed by atoms with Gasteiger partial charge in [0.2, 0.25) is 5.95 Å². The number of hydrogen-bond donors (Lipinski definition) is 0. The van der Waals surface area contributed by atoms with Gasteiger partial charge in [-0.1, -0.05) is 36.4 Å². The SMILES string of the molecule is O=C(c1cnc(N2CCN(c3ncccn3)CC2)c2ccccc12)N1CCN(c2ccccc2F)CC1. The molecule has 0 radical (unpaired) electrons. The van der Waals surface area contributed by atoms with Gasteiger partial charge in [-0.25, -0.2) is 19.3 Å². The highest BCUT2D eigenvalue weighted by atomic mass is 19.1. The van der Waals surface area contributed by atoms with Crippen LogP contribution in [-0.4, -0.2) is 78.1 Å². The molecule has 4 heterocycles. The summed E-state index contributed by atoms with van der Waals surface area (Å²) in [5.74, 6) is 1.38. The molecule has 0 spiro atoms. The monoisotopic (exact) mass is 497 g/mol. The zero-order valence-corrected chi connectivity index (χ0v) is 20.5. The number of para-hydroxylation sites is 1. The van der Waals surface area contributed by atoms with Crippen LogP contribution < -0.4 is 14.7 Å². The molecule has 8 nitrogen and oxygen atoms in total. The summed E-state index contributed by atoms with van der Waals surface area (Å²) < 4.78 is 14.2. The number of piperazine rings is 2. The van der Waals surface area contributed by atoms with E-state index < -0.39 is 0 Å². The smallest absolute Gasteiger partial charge is 0.256 e. The Kier molecular flexibility index (Phi) is 6.26. The molecule has 0 N–H and O–H groups in total. The molecule has 188 valence electrons. The van der Waals surface area contributed by atoms with Crippen LogP contribution in [0.3, 0.4) is 0 Å². The van der Waals surface area contributed by atoms with Gasteiger partial charge in [0.25, 0.3) is 5.91 Å². The van der Waals surface area contributed by atoms with E-state index in [0.29, 0.717) is 37.4 Å². The van der Waals surface area contributed by atoms with Crippen molar-refractivity contribution in [3.05, 3.63) is 84.6 Å². The van der Waals surface area contributed by atoms with Crippen LogP contribution in [0.2, 0.25) is 0 Å². The van der Waals surface area contributed by atoms with E-state index in [1.165, 1.54) is 6.07 Å². The van der Waals surface area contributed by atoms with Crippen LogP contribution in [0.5, 0.6) is 0 Å². The van der Waals surface area contributed by atoms with Crippen molar-refractivity contribution >= 4 is 34.1 Å². The van der Waals surface area contributed by atoms with Gasteiger partial charge in [0.15, 0.2) is 0 Å². The number of fused-ring (bicyclic) bond motifs is 1. The Morgan fingerprint density at radius 3 is 2.03 bits per heavy atom. The molecule has 0 atom stereocenters. The number of benzene rings is 2. The van der Waals surface area contributed by atoms with Crippen molar-refractivity contribution in [1.82, 2.24) is 19.9 Å². The minimum Gasteiger partial charge on any atom is -0.366 e. The average Bonchev–Trinajstić information content (AvgIpc) is 2.97. The van der Waals surface area contributed by atoms with E-state index in [9.17, 15) is 9.18 Å². The first kappa shape index (κ1) is 23.1. The molecule has 2 aromatic heterocycles. The van der Waals surface area contributed by atoms with Gasteiger partial charge in [-0.05, 0) is 23.6 Å². The Bertz CT molecular complexity index is 1400. The van der Waals surface area contributed by atoms with Gasteiger partial charge in [-0.2, -0.15) is 0 Å². The third kappa shape index (κ3) is 4.52. The highest BCUT2D eigenvalue weighted by Crippen LogP contribution is 2.29. The molecule has 1 amide bonds. The number of hydrogen-bond acceptors (Lipinski definition) is 7. The topological polar surface area (TPSA) is 68.7 Å². The number of anilines is 3. The number of aromatic nitrogens is 3. The van der Waals surface area contributed by atoms with Crippen molar-refractivity contribution < 1.29 is 9.18 Å². The molecule has 0 saturated carbocycles. The molecule has 4 aromatic rings. The van der Waals surface area contributed by atoms with Crippen LogP contribution in [0.15, 0.2) is 73.2 Å². The third-order valence-corrected chi connectivity index (χ3v) is 7.18. The van der Waals surface area contributed by atoms with Crippen molar-refractivity contribution in [2.24, 2.45) is 0 Å². The lowest BCUT2D eigenvalue weighted by Gasteiger charge is -2.37. The summed E-state index contributed by atoms with van der Waals surface area (Å²) in [7, 11) is 0. The number of carbonyl (C=O) groups is 1. The van der Waals surface area contributed by atoms with Crippen LogP contribution in [-0.2, 0) is 0 Å².